The first kappa shape index (κ1) is 8.55. The van der Waals surface area contributed by atoms with Crippen LogP contribution >= 0.6 is 0 Å². The molecule has 1 heteroatoms. The predicted octanol–water partition coefficient (Wildman–Crippen LogP) is 2.56. The third-order valence-corrected chi connectivity index (χ3v) is 3.56. The molecule has 2 aliphatic rings. The van der Waals surface area contributed by atoms with Gasteiger partial charge in [0.15, 0.2) is 0 Å². The highest BCUT2D eigenvalue weighted by Crippen LogP contribution is 2.39. The van der Waals surface area contributed by atoms with Crippen LogP contribution in [-0.4, -0.2) is 12.6 Å². The maximum Gasteiger partial charge on any atom is 0.00676 e. The van der Waals surface area contributed by atoms with E-state index in [-0.39, 0.29) is 0 Å². The summed E-state index contributed by atoms with van der Waals surface area (Å²) in [6, 6.07) is 0.867. The number of hydrogen-bond donors (Lipinski definition) is 1. The lowest BCUT2D eigenvalue weighted by atomic mass is 9.97. The monoisotopic (exact) mass is 167 g/mol. The Bertz CT molecular complexity index is 132. The first-order valence-corrected chi connectivity index (χ1v) is 5.59. The third kappa shape index (κ3) is 2.22. The number of hydrogen-bond acceptors (Lipinski definition) is 1. The fraction of sp³-hybridized carbons (Fsp3) is 1.00. The van der Waals surface area contributed by atoms with E-state index in [1.54, 1.807) is 0 Å². The minimum atomic E-state index is 0.867. The van der Waals surface area contributed by atoms with Gasteiger partial charge < -0.3 is 5.32 Å². The molecule has 0 aromatic heterocycles. The second-order valence-corrected chi connectivity index (χ2v) is 4.69. The average molecular weight is 167 g/mol. The zero-order chi connectivity index (χ0) is 8.39. The second kappa shape index (κ2) is 3.78. The summed E-state index contributed by atoms with van der Waals surface area (Å²) in [6.45, 7) is 3.70. The molecule has 2 rings (SSSR count). The van der Waals surface area contributed by atoms with Crippen LogP contribution in [0.4, 0.5) is 0 Å². The molecule has 1 aliphatic carbocycles. The van der Waals surface area contributed by atoms with Gasteiger partial charge in [-0.05, 0) is 56.9 Å². The number of nitrogens with one attached hydrogen (secondary N) is 1. The van der Waals surface area contributed by atoms with Crippen LogP contribution in [0.25, 0.3) is 0 Å². The van der Waals surface area contributed by atoms with Crippen molar-refractivity contribution in [3.63, 3.8) is 0 Å². The molecule has 2 atom stereocenters. The Kier molecular flexibility index (Phi) is 2.69. The van der Waals surface area contributed by atoms with Gasteiger partial charge in [-0.2, -0.15) is 0 Å². The topological polar surface area (TPSA) is 12.0 Å². The Labute approximate surface area is 75.9 Å². The third-order valence-electron chi connectivity index (χ3n) is 3.56. The highest BCUT2D eigenvalue weighted by Gasteiger charge is 2.28. The van der Waals surface area contributed by atoms with Gasteiger partial charge in [0.1, 0.15) is 0 Å². The van der Waals surface area contributed by atoms with Gasteiger partial charge in [-0.1, -0.05) is 6.92 Å². The quantitative estimate of drug-likeness (QED) is 0.678. The molecule has 2 fully saturated rings. The van der Waals surface area contributed by atoms with Crippen LogP contribution in [-0.2, 0) is 0 Å². The van der Waals surface area contributed by atoms with E-state index in [4.69, 9.17) is 0 Å². The Morgan fingerprint density at radius 2 is 2.17 bits per heavy atom. The fourth-order valence-corrected chi connectivity index (χ4v) is 2.37. The summed E-state index contributed by atoms with van der Waals surface area (Å²) in [7, 11) is 0. The van der Waals surface area contributed by atoms with E-state index in [9.17, 15) is 0 Å². The summed E-state index contributed by atoms with van der Waals surface area (Å²) >= 11 is 0. The Morgan fingerprint density at radius 1 is 1.33 bits per heavy atom. The molecule has 1 saturated heterocycles. The molecule has 1 aliphatic heterocycles. The maximum atomic E-state index is 3.57. The van der Waals surface area contributed by atoms with Gasteiger partial charge in [-0.3, -0.25) is 0 Å². The summed E-state index contributed by atoms with van der Waals surface area (Å²) in [5.41, 5.74) is 0. The van der Waals surface area contributed by atoms with Crippen LogP contribution in [0.5, 0.6) is 0 Å². The van der Waals surface area contributed by atoms with Gasteiger partial charge in [0, 0.05) is 6.04 Å². The van der Waals surface area contributed by atoms with E-state index in [0.717, 1.165) is 17.9 Å². The van der Waals surface area contributed by atoms with Crippen LogP contribution in [0.15, 0.2) is 0 Å². The zero-order valence-corrected chi connectivity index (χ0v) is 8.18. The van der Waals surface area contributed by atoms with Crippen LogP contribution in [0.1, 0.15) is 45.4 Å². The van der Waals surface area contributed by atoms with Crippen molar-refractivity contribution in [2.24, 2.45) is 11.8 Å². The molecule has 0 aromatic carbocycles. The van der Waals surface area contributed by atoms with Gasteiger partial charge in [0.2, 0.25) is 0 Å². The Morgan fingerprint density at radius 3 is 2.75 bits per heavy atom. The van der Waals surface area contributed by atoms with Crippen LogP contribution < -0.4 is 5.32 Å². The standard InChI is InChI=1S/C11H21N/c1-9(10-5-6-10)4-7-11-3-2-8-12-11/h9-12H,2-8H2,1H3. The van der Waals surface area contributed by atoms with Gasteiger partial charge in [0.05, 0.1) is 0 Å². The first-order chi connectivity index (χ1) is 5.86. The minimum absolute atomic E-state index is 0.867. The van der Waals surface area contributed by atoms with E-state index in [1.165, 1.54) is 45.1 Å². The average Bonchev–Trinajstić information content (AvgIpc) is 2.80. The van der Waals surface area contributed by atoms with Gasteiger partial charge in [0.25, 0.3) is 0 Å². The van der Waals surface area contributed by atoms with Crippen LogP contribution in [0.2, 0.25) is 0 Å². The number of rotatable bonds is 4. The Hall–Kier alpha value is -0.0400. The molecule has 0 aromatic rings. The summed E-state index contributed by atoms with van der Waals surface area (Å²) in [5.74, 6) is 2.11. The molecule has 1 nitrogen and oxygen atoms in total. The zero-order valence-electron chi connectivity index (χ0n) is 8.18. The SMILES string of the molecule is CC(CCC1CCCN1)C1CC1. The fourth-order valence-electron chi connectivity index (χ4n) is 2.37. The molecular weight excluding hydrogens is 146 g/mol. The summed E-state index contributed by atoms with van der Waals surface area (Å²) in [6.07, 6.45) is 8.75. The van der Waals surface area contributed by atoms with Gasteiger partial charge in [-0.15, -0.1) is 0 Å². The van der Waals surface area contributed by atoms with E-state index < -0.39 is 0 Å². The molecule has 0 spiro atoms. The lowest BCUT2D eigenvalue weighted by molar-refractivity contribution is 0.413. The lowest BCUT2D eigenvalue weighted by Gasteiger charge is -2.13. The molecule has 1 saturated carbocycles. The molecule has 1 heterocycles. The van der Waals surface area contributed by atoms with Crippen molar-refractivity contribution in [2.75, 3.05) is 6.54 Å². The van der Waals surface area contributed by atoms with E-state index in [1.807, 2.05) is 0 Å². The maximum absolute atomic E-state index is 3.57. The summed E-state index contributed by atoms with van der Waals surface area (Å²) in [5, 5.41) is 3.57. The van der Waals surface area contributed by atoms with Crippen molar-refractivity contribution in [1.29, 1.82) is 0 Å². The van der Waals surface area contributed by atoms with Crippen LogP contribution in [0.3, 0.4) is 0 Å². The first-order valence-electron chi connectivity index (χ1n) is 5.59. The molecule has 0 amide bonds. The molecule has 70 valence electrons. The highest BCUT2D eigenvalue weighted by atomic mass is 14.9. The van der Waals surface area contributed by atoms with Gasteiger partial charge in [-0.25, -0.2) is 0 Å². The molecule has 1 N–H and O–H groups in total. The minimum Gasteiger partial charge on any atom is -0.314 e. The Balaban J connectivity index is 1.60. The van der Waals surface area contributed by atoms with Crippen LogP contribution in [0, 0.1) is 11.8 Å². The van der Waals surface area contributed by atoms with Crippen molar-refractivity contribution in [1.82, 2.24) is 5.32 Å². The van der Waals surface area contributed by atoms with E-state index >= 15 is 0 Å². The van der Waals surface area contributed by atoms with Crippen molar-refractivity contribution in [3.8, 4) is 0 Å². The molecule has 12 heavy (non-hydrogen) atoms. The van der Waals surface area contributed by atoms with E-state index in [2.05, 4.69) is 12.2 Å². The molecule has 0 radical (unpaired) electrons. The summed E-state index contributed by atoms with van der Waals surface area (Å²) < 4.78 is 0. The molecule has 2 unspecified atom stereocenters. The van der Waals surface area contributed by atoms with Crippen molar-refractivity contribution in [3.05, 3.63) is 0 Å². The van der Waals surface area contributed by atoms with Crippen molar-refractivity contribution >= 4 is 0 Å². The second-order valence-electron chi connectivity index (χ2n) is 4.69. The largest absolute Gasteiger partial charge is 0.314 e. The molecule has 0 bridgehead atoms. The van der Waals surface area contributed by atoms with E-state index in [0.29, 0.717) is 0 Å². The smallest absolute Gasteiger partial charge is 0.00676 e. The molecular formula is C11H21N. The summed E-state index contributed by atoms with van der Waals surface area (Å²) in [4.78, 5) is 0. The normalized spacial score (nSPS) is 32.2. The van der Waals surface area contributed by atoms with Crippen molar-refractivity contribution in [2.45, 2.75) is 51.5 Å². The predicted molar refractivity (Wildman–Crippen MR) is 52.1 cm³/mol. The lowest BCUT2D eigenvalue weighted by Crippen LogP contribution is -2.21. The highest BCUT2D eigenvalue weighted by molar-refractivity contribution is 4.81. The van der Waals surface area contributed by atoms with Gasteiger partial charge >= 0.3 is 0 Å². The van der Waals surface area contributed by atoms with Crippen molar-refractivity contribution < 1.29 is 0 Å².